The van der Waals surface area contributed by atoms with Gasteiger partial charge in [0.05, 0.1) is 5.69 Å². The van der Waals surface area contributed by atoms with Crippen molar-refractivity contribution in [3.05, 3.63) is 17.0 Å². The van der Waals surface area contributed by atoms with Crippen LogP contribution in [-0.2, 0) is 26.3 Å². The van der Waals surface area contributed by atoms with Crippen molar-refractivity contribution >= 4 is 0 Å². The molecule has 0 N–H and O–H groups in total. The summed E-state index contributed by atoms with van der Waals surface area (Å²) in [5.74, 6) is 0. The van der Waals surface area contributed by atoms with E-state index in [0.717, 1.165) is 19.3 Å². The maximum absolute atomic E-state index is 4.49. The molecule has 2 heteroatoms. The van der Waals surface area contributed by atoms with Gasteiger partial charge in [-0.05, 0) is 24.8 Å². The zero-order valence-electron chi connectivity index (χ0n) is 8.52. The molecule has 0 aliphatic carbocycles. The van der Waals surface area contributed by atoms with Crippen LogP contribution in [0.5, 0.6) is 0 Å². The Kier molecular flexibility index (Phi) is 2.90. The predicted molar refractivity (Wildman–Crippen MR) is 51.3 cm³/mol. The van der Waals surface area contributed by atoms with E-state index in [9.17, 15) is 0 Å². The molecule has 12 heavy (non-hydrogen) atoms. The standard InChI is InChI=1S/C10H18N2/c1-5-8-9(6-2)11-12(4)10(8)7-3/h5-7H2,1-4H3. The van der Waals surface area contributed by atoms with Crippen LogP contribution in [0.1, 0.15) is 37.7 Å². The molecule has 0 atom stereocenters. The third-order valence-electron chi connectivity index (χ3n) is 2.38. The van der Waals surface area contributed by atoms with Crippen LogP contribution in [0, 0.1) is 0 Å². The number of aromatic nitrogens is 2. The fourth-order valence-corrected chi connectivity index (χ4v) is 1.80. The van der Waals surface area contributed by atoms with Gasteiger partial charge in [-0.3, -0.25) is 4.68 Å². The first kappa shape index (κ1) is 9.30. The molecule has 0 aliphatic rings. The molecule has 0 unspecified atom stereocenters. The lowest BCUT2D eigenvalue weighted by Gasteiger charge is -2.00. The minimum Gasteiger partial charge on any atom is -0.272 e. The monoisotopic (exact) mass is 166 g/mol. The van der Waals surface area contributed by atoms with E-state index in [1.54, 1.807) is 0 Å². The quantitative estimate of drug-likeness (QED) is 0.672. The summed E-state index contributed by atoms with van der Waals surface area (Å²) in [6, 6.07) is 0. The first-order valence-corrected chi connectivity index (χ1v) is 4.78. The van der Waals surface area contributed by atoms with Crippen molar-refractivity contribution in [2.45, 2.75) is 40.0 Å². The van der Waals surface area contributed by atoms with Crippen LogP contribution in [0.3, 0.4) is 0 Å². The molecule has 0 aliphatic heterocycles. The van der Waals surface area contributed by atoms with Crippen molar-refractivity contribution in [3.63, 3.8) is 0 Å². The van der Waals surface area contributed by atoms with Gasteiger partial charge in [-0.15, -0.1) is 0 Å². The molecular formula is C10H18N2. The second-order valence-electron chi connectivity index (χ2n) is 3.06. The molecule has 1 aromatic rings. The van der Waals surface area contributed by atoms with E-state index in [1.807, 2.05) is 11.7 Å². The maximum Gasteiger partial charge on any atom is 0.0656 e. The molecule has 68 valence electrons. The van der Waals surface area contributed by atoms with Gasteiger partial charge in [-0.2, -0.15) is 5.10 Å². The summed E-state index contributed by atoms with van der Waals surface area (Å²) >= 11 is 0. The van der Waals surface area contributed by atoms with E-state index in [0.29, 0.717) is 0 Å². The average molecular weight is 166 g/mol. The topological polar surface area (TPSA) is 17.8 Å². The van der Waals surface area contributed by atoms with E-state index in [-0.39, 0.29) is 0 Å². The van der Waals surface area contributed by atoms with Gasteiger partial charge in [-0.25, -0.2) is 0 Å². The Balaban J connectivity index is 3.16. The normalized spacial score (nSPS) is 10.7. The number of nitrogens with zero attached hydrogens (tertiary/aromatic N) is 2. The average Bonchev–Trinajstić information content (AvgIpc) is 2.40. The van der Waals surface area contributed by atoms with E-state index >= 15 is 0 Å². The Hall–Kier alpha value is -0.790. The molecule has 1 aromatic heterocycles. The fourth-order valence-electron chi connectivity index (χ4n) is 1.80. The van der Waals surface area contributed by atoms with E-state index in [4.69, 9.17) is 0 Å². The Morgan fingerprint density at radius 3 is 2.17 bits per heavy atom. The van der Waals surface area contributed by atoms with Crippen LogP contribution in [0.2, 0.25) is 0 Å². The Morgan fingerprint density at radius 1 is 1.08 bits per heavy atom. The van der Waals surface area contributed by atoms with Crippen molar-refractivity contribution in [1.29, 1.82) is 0 Å². The van der Waals surface area contributed by atoms with Gasteiger partial charge in [0.2, 0.25) is 0 Å². The fraction of sp³-hybridized carbons (Fsp3) is 0.700. The first-order chi connectivity index (χ1) is 5.74. The molecule has 0 fully saturated rings. The Bertz CT molecular complexity index is 261. The van der Waals surface area contributed by atoms with Crippen molar-refractivity contribution in [1.82, 2.24) is 9.78 Å². The van der Waals surface area contributed by atoms with Crippen LogP contribution in [0.4, 0.5) is 0 Å². The highest BCUT2D eigenvalue weighted by molar-refractivity contribution is 5.26. The van der Waals surface area contributed by atoms with Crippen molar-refractivity contribution < 1.29 is 0 Å². The van der Waals surface area contributed by atoms with E-state index in [1.165, 1.54) is 17.0 Å². The van der Waals surface area contributed by atoms with Gasteiger partial charge in [0.15, 0.2) is 0 Å². The highest BCUT2D eigenvalue weighted by atomic mass is 15.3. The molecule has 0 saturated carbocycles. The number of aryl methyl sites for hydroxylation is 2. The summed E-state index contributed by atoms with van der Waals surface area (Å²) in [6.45, 7) is 6.56. The molecule has 0 spiro atoms. The smallest absolute Gasteiger partial charge is 0.0656 e. The molecule has 0 radical (unpaired) electrons. The van der Waals surface area contributed by atoms with E-state index in [2.05, 4.69) is 25.9 Å². The summed E-state index contributed by atoms with van der Waals surface area (Å²) in [4.78, 5) is 0. The van der Waals surface area contributed by atoms with Gasteiger partial charge < -0.3 is 0 Å². The molecule has 0 aromatic carbocycles. The Morgan fingerprint density at radius 2 is 1.75 bits per heavy atom. The van der Waals surface area contributed by atoms with Gasteiger partial charge in [-0.1, -0.05) is 20.8 Å². The second kappa shape index (κ2) is 3.74. The highest BCUT2D eigenvalue weighted by Gasteiger charge is 2.10. The van der Waals surface area contributed by atoms with Crippen LogP contribution >= 0.6 is 0 Å². The Labute approximate surface area is 74.6 Å². The summed E-state index contributed by atoms with van der Waals surface area (Å²) in [5, 5.41) is 4.49. The van der Waals surface area contributed by atoms with Crippen LogP contribution in [0.15, 0.2) is 0 Å². The molecule has 0 saturated heterocycles. The van der Waals surface area contributed by atoms with Gasteiger partial charge in [0.25, 0.3) is 0 Å². The molecule has 1 heterocycles. The second-order valence-corrected chi connectivity index (χ2v) is 3.06. The molecule has 0 amide bonds. The zero-order chi connectivity index (χ0) is 9.14. The lowest BCUT2D eigenvalue weighted by molar-refractivity contribution is 0.703. The summed E-state index contributed by atoms with van der Waals surface area (Å²) < 4.78 is 2.03. The summed E-state index contributed by atoms with van der Waals surface area (Å²) in [5.41, 5.74) is 4.13. The molecule has 1 rings (SSSR count). The minimum absolute atomic E-state index is 1.05. The van der Waals surface area contributed by atoms with Crippen LogP contribution in [-0.4, -0.2) is 9.78 Å². The predicted octanol–water partition coefficient (Wildman–Crippen LogP) is 2.11. The number of hydrogen-bond acceptors (Lipinski definition) is 1. The van der Waals surface area contributed by atoms with Gasteiger partial charge in [0, 0.05) is 12.7 Å². The SMILES string of the molecule is CCc1nn(C)c(CC)c1CC. The van der Waals surface area contributed by atoms with E-state index < -0.39 is 0 Å². The minimum atomic E-state index is 1.05. The van der Waals surface area contributed by atoms with Crippen molar-refractivity contribution in [2.75, 3.05) is 0 Å². The number of rotatable bonds is 3. The lowest BCUT2D eigenvalue weighted by Crippen LogP contribution is -1.97. The van der Waals surface area contributed by atoms with Gasteiger partial charge >= 0.3 is 0 Å². The summed E-state index contributed by atoms with van der Waals surface area (Å²) in [7, 11) is 2.04. The van der Waals surface area contributed by atoms with Crippen molar-refractivity contribution in [2.24, 2.45) is 7.05 Å². The lowest BCUT2D eigenvalue weighted by atomic mass is 10.1. The number of hydrogen-bond donors (Lipinski definition) is 0. The summed E-state index contributed by atoms with van der Waals surface area (Å²) in [6.07, 6.45) is 3.25. The zero-order valence-corrected chi connectivity index (χ0v) is 8.52. The third kappa shape index (κ3) is 1.38. The van der Waals surface area contributed by atoms with Crippen molar-refractivity contribution in [3.8, 4) is 0 Å². The molecule has 0 bridgehead atoms. The first-order valence-electron chi connectivity index (χ1n) is 4.78. The maximum atomic E-state index is 4.49. The van der Waals surface area contributed by atoms with Crippen LogP contribution < -0.4 is 0 Å². The highest BCUT2D eigenvalue weighted by Crippen LogP contribution is 2.15. The molecular weight excluding hydrogens is 148 g/mol. The van der Waals surface area contributed by atoms with Gasteiger partial charge in [0.1, 0.15) is 0 Å². The third-order valence-corrected chi connectivity index (χ3v) is 2.38. The largest absolute Gasteiger partial charge is 0.272 e. The molecule has 2 nitrogen and oxygen atoms in total. The van der Waals surface area contributed by atoms with Crippen LogP contribution in [0.25, 0.3) is 0 Å².